The lowest BCUT2D eigenvalue weighted by atomic mass is 10.0. The number of aromatic carboxylic acids is 1. The summed E-state index contributed by atoms with van der Waals surface area (Å²) in [7, 11) is 0. The van der Waals surface area contributed by atoms with E-state index in [0.717, 1.165) is 6.07 Å². The van der Waals surface area contributed by atoms with Crippen molar-refractivity contribution in [1.82, 2.24) is 0 Å². The minimum atomic E-state index is -1.35. The molecule has 0 saturated heterocycles. The van der Waals surface area contributed by atoms with Gasteiger partial charge < -0.3 is 5.11 Å². The van der Waals surface area contributed by atoms with Gasteiger partial charge in [-0.2, -0.15) is 21.0 Å². The highest BCUT2D eigenvalue weighted by molar-refractivity contribution is 5.91. The van der Waals surface area contributed by atoms with Gasteiger partial charge in [0.1, 0.15) is 35.4 Å². The quantitative estimate of drug-likeness (QED) is 0.730. The molecule has 0 aliphatic heterocycles. The maximum Gasteiger partial charge on any atom is 0.336 e. The Labute approximate surface area is 107 Å². The maximum atomic E-state index is 11.1. The van der Waals surface area contributed by atoms with Crippen molar-refractivity contribution in [1.29, 1.82) is 21.0 Å². The Hall–Kier alpha value is -3.61. The summed E-state index contributed by atoms with van der Waals surface area (Å²) in [5, 5.41) is 44.0. The van der Waals surface area contributed by atoms with Gasteiger partial charge in [0.15, 0.2) is 0 Å². The van der Waals surface area contributed by atoms with Crippen molar-refractivity contribution in [3.63, 3.8) is 0 Å². The lowest BCUT2D eigenvalue weighted by molar-refractivity contribution is 0.0695. The van der Waals surface area contributed by atoms with Crippen LogP contribution in [0.4, 0.5) is 0 Å². The number of hydrogen-bond donors (Lipinski definition) is 1. The van der Waals surface area contributed by atoms with Crippen molar-refractivity contribution in [2.24, 2.45) is 0 Å². The molecule has 19 heavy (non-hydrogen) atoms. The Balaban J connectivity index is 3.98. The first kappa shape index (κ1) is 13.5. The Morgan fingerprint density at radius 3 is 1.89 bits per heavy atom. The highest BCUT2D eigenvalue weighted by Gasteiger charge is 2.09. The number of carboxylic acid groups (broad SMARTS) is 1. The fourth-order valence-corrected chi connectivity index (χ4v) is 1.39. The molecule has 0 amide bonds. The van der Waals surface area contributed by atoms with E-state index in [2.05, 4.69) is 0 Å². The largest absolute Gasteiger partial charge is 0.478 e. The van der Waals surface area contributed by atoms with Crippen LogP contribution in [-0.4, -0.2) is 11.1 Å². The molecule has 6 heteroatoms. The number of carboxylic acids is 1. The minimum Gasteiger partial charge on any atom is -0.478 e. The molecule has 0 unspecified atom stereocenters. The monoisotopic (exact) mass is 248 g/mol. The second-order valence-electron chi connectivity index (χ2n) is 3.26. The van der Waals surface area contributed by atoms with Crippen molar-refractivity contribution >= 4 is 17.1 Å². The van der Waals surface area contributed by atoms with E-state index >= 15 is 0 Å². The van der Waals surface area contributed by atoms with E-state index in [9.17, 15) is 4.79 Å². The topological polar surface area (TPSA) is 132 Å². The molecule has 6 nitrogen and oxygen atoms in total. The van der Waals surface area contributed by atoms with Crippen LogP contribution in [0.25, 0.3) is 11.1 Å². The summed E-state index contributed by atoms with van der Waals surface area (Å²) in [6, 6.07) is 10.1. The van der Waals surface area contributed by atoms with Crippen molar-refractivity contribution in [3.8, 4) is 24.3 Å². The molecule has 0 aromatic heterocycles. The van der Waals surface area contributed by atoms with E-state index in [1.807, 2.05) is 0 Å². The lowest BCUT2D eigenvalue weighted by Crippen LogP contribution is -2.22. The molecule has 0 saturated carbocycles. The highest BCUT2D eigenvalue weighted by atomic mass is 16.4. The third kappa shape index (κ3) is 2.56. The molecule has 0 aliphatic carbocycles. The highest BCUT2D eigenvalue weighted by Crippen LogP contribution is 1.95. The zero-order valence-electron chi connectivity index (χ0n) is 9.38. The first-order valence-corrected chi connectivity index (χ1v) is 4.81. The van der Waals surface area contributed by atoms with Gasteiger partial charge in [0.05, 0.1) is 5.56 Å². The SMILES string of the molecule is N#CC(C#N)=c1ccc(=C(C#N)C#N)c(C(=O)O)c1. The number of benzene rings is 1. The zero-order valence-corrected chi connectivity index (χ0v) is 9.38. The molecule has 1 rings (SSSR count). The molecular formula is C13H4N4O2. The van der Waals surface area contributed by atoms with Gasteiger partial charge in [0, 0.05) is 10.4 Å². The summed E-state index contributed by atoms with van der Waals surface area (Å²) < 4.78 is 0. The van der Waals surface area contributed by atoms with Crippen LogP contribution in [0.5, 0.6) is 0 Å². The van der Waals surface area contributed by atoms with E-state index in [-0.39, 0.29) is 27.1 Å². The van der Waals surface area contributed by atoms with Crippen molar-refractivity contribution in [2.45, 2.75) is 0 Å². The smallest absolute Gasteiger partial charge is 0.336 e. The number of carbonyl (C=O) groups is 1. The van der Waals surface area contributed by atoms with Crippen molar-refractivity contribution < 1.29 is 9.90 Å². The third-order valence-electron chi connectivity index (χ3n) is 2.26. The molecule has 1 aromatic carbocycles. The summed E-state index contributed by atoms with van der Waals surface area (Å²) in [6.45, 7) is 0. The first-order chi connectivity index (χ1) is 9.08. The Morgan fingerprint density at radius 2 is 1.47 bits per heavy atom. The summed E-state index contributed by atoms with van der Waals surface area (Å²) in [6.07, 6.45) is 0. The lowest BCUT2D eigenvalue weighted by Gasteiger charge is -1.97. The van der Waals surface area contributed by atoms with Gasteiger partial charge in [0.2, 0.25) is 0 Å². The Bertz CT molecular complexity index is 807. The van der Waals surface area contributed by atoms with Gasteiger partial charge in [-0.3, -0.25) is 0 Å². The summed E-state index contributed by atoms with van der Waals surface area (Å²) in [5.74, 6) is -1.35. The Kier molecular flexibility index (Phi) is 3.99. The van der Waals surface area contributed by atoms with Crippen molar-refractivity contribution in [3.05, 3.63) is 34.2 Å². The van der Waals surface area contributed by atoms with E-state index in [4.69, 9.17) is 26.2 Å². The number of nitriles is 4. The summed E-state index contributed by atoms with van der Waals surface area (Å²) in [4.78, 5) is 11.1. The van der Waals surface area contributed by atoms with Crippen LogP contribution in [0.1, 0.15) is 10.4 Å². The molecular weight excluding hydrogens is 244 g/mol. The summed E-state index contributed by atoms with van der Waals surface area (Å²) in [5.41, 5.74) is -0.900. The van der Waals surface area contributed by atoms with Gasteiger partial charge in [-0.1, -0.05) is 12.1 Å². The maximum absolute atomic E-state index is 11.1. The second kappa shape index (κ2) is 5.64. The normalized spacial score (nSPS) is 8.21. The number of nitrogens with zero attached hydrogens (tertiary/aromatic N) is 4. The molecule has 0 fully saturated rings. The van der Waals surface area contributed by atoms with Crippen LogP contribution in [0.15, 0.2) is 18.2 Å². The van der Waals surface area contributed by atoms with Crippen LogP contribution < -0.4 is 10.4 Å². The van der Waals surface area contributed by atoms with Gasteiger partial charge >= 0.3 is 5.97 Å². The van der Waals surface area contributed by atoms with Crippen molar-refractivity contribution in [2.75, 3.05) is 0 Å². The van der Waals surface area contributed by atoms with Crippen LogP contribution in [0.2, 0.25) is 0 Å². The molecule has 1 aromatic rings. The van der Waals surface area contributed by atoms with Gasteiger partial charge in [-0.05, 0) is 6.07 Å². The summed E-state index contributed by atoms with van der Waals surface area (Å²) >= 11 is 0. The number of hydrogen-bond acceptors (Lipinski definition) is 5. The predicted octanol–water partition coefficient (Wildman–Crippen LogP) is -0.219. The molecule has 0 bridgehead atoms. The van der Waals surface area contributed by atoms with E-state index in [1.54, 1.807) is 24.3 Å². The first-order valence-electron chi connectivity index (χ1n) is 4.81. The second-order valence-corrected chi connectivity index (χ2v) is 3.26. The minimum absolute atomic E-state index is 0.0449. The fourth-order valence-electron chi connectivity index (χ4n) is 1.39. The van der Waals surface area contributed by atoms with Crippen LogP contribution >= 0.6 is 0 Å². The van der Waals surface area contributed by atoms with E-state index in [0.29, 0.717) is 0 Å². The van der Waals surface area contributed by atoms with Crippen LogP contribution in [0, 0.1) is 45.3 Å². The third-order valence-corrected chi connectivity index (χ3v) is 2.26. The molecule has 0 radical (unpaired) electrons. The van der Waals surface area contributed by atoms with Crippen LogP contribution in [-0.2, 0) is 0 Å². The average molecular weight is 248 g/mol. The van der Waals surface area contributed by atoms with Gasteiger partial charge in [0.25, 0.3) is 0 Å². The molecule has 0 spiro atoms. The molecule has 0 heterocycles. The Morgan fingerprint density at radius 1 is 0.947 bits per heavy atom. The molecule has 0 aliphatic rings. The predicted molar refractivity (Wildman–Crippen MR) is 61.9 cm³/mol. The van der Waals surface area contributed by atoms with Crippen LogP contribution in [0.3, 0.4) is 0 Å². The van der Waals surface area contributed by atoms with E-state index < -0.39 is 5.97 Å². The standard InChI is InChI=1S/C13H4N4O2/c14-4-9(5-15)8-1-2-11(10(6-16)7-17)12(3-8)13(18)19/h1-3H,(H,18,19). The van der Waals surface area contributed by atoms with Gasteiger partial charge in [-0.15, -0.1) is 0 Å². The molecule has 88 valence electrons. The molecule has 0 atom stereocenters. The van der Waals surface area contributed by atoms with Gasteiger partial charge in [-0.25, -0.2) is 4.79 Å². The molecule has 1 N–H and O–H groups in total. The average Bonchev–Trinajstić information content (AvgIpc) is 2.42. The zero-order chi connectivity index (χ0) is 14.4. The fraction of sp³-hybridized carbons (Fsp3) is 0. The number of rotatable bonds is 1. The van der Waals surface area contributed by atoms with E-state index in [1.165, 1.54) is 12.1 Å².